The molecule has 0 aromatic rings. The van der Waals surface area contributed by atoms with Crippen molar-refractivity contribution in [2.75, 3.05) is 59.2 Å². The van der Waals surface area contributed by atoms with Gasteiger partial charge in [0.2, 0.25) is 5.91 Å². The van der Waals surface area contributed by atoms with Crippen LogP contribution in [0.2, 0.25) is 0 Å². The number of ether oxygens (including phenoxy) is 1. The van der Waals surface area contributed by atoms with Gasteiger partial charge in [-0.15, -0.1) is 0 Å². The van der Waals surface area contributed by atoms with Crippen LogP contribution in [0.3, 0.4) is 0 Å². The van der Waals surface area contributed by atoms with Crippen LogP contribution in [0.1, 0.15) is 6.42 Å². The second-order valence-corrected chi connectivity index (χ2v) is 4.03. The molecule has 1 heterocycles. The molecule has 0 aromatic heterocycles. The molecule has 0 atom stereocenters. The van der Waals surface area contributed by atoms with E-state index in [2.05, 4.69) is 4.90 Å². The fraction of sp³-hybridized carbons (Fsp3) is 0.909. The third kappa shape index (κ3) is 5.45. The van der Waals surface area contributed by atoms with E-state index in [0.717, 1.165) is 32.8 Å². The number of rotatable bonds is 7. The van der Waals surface area contributed by atoms with Gasteiger partial charge in [0.15, 0.2) is 0 Å². The molecule has 0 saturated carbocycles. The molecule has 100 valence electrons. The lowest BCUT2D eigenvalue weighted by Crippen LogP contribution is -2.41. The van der Waals surface area contributed by atoms with E-state index in [4.69, 9.17) is 14.9 Å². The maximum atomic E-state index is 11.8. The van der Waals surface area contributed by atoms with Crippen molar-refractivity contribution in [2.24, 2.45) is 0 Å². The van der Waals surface area contributed by atoms with E-state index in [9.17, 15) is 4.79 Å². The van der Waals surface area contributed by atoms with Gasteiger partial charge in [-0.25, -0.2) is 0 Å². The van der Waals surface area contributed by atoms with Crippen LogP contribution < -0.4 is 0 Å². The first-order valence-electron chi connectivity index (χ1n) is 6.07. The van der Waals surface area contributed by atoms with Crippen molar-refractivity contribution in [2.45, 2.75) is 6.42 Å². The minimum atomic E-state index is -0.0662. The number of hydrogen-bond donors (Lipinski definition) is 2. The predicted octanol–water partition coefficient (Wildman–Crippen LogP) is -1.48. The molecule has 1 saturated heterocycles. The lowest BCUT2D eigenvalue weighted by atomic mass is 10.3. The summed E-state index contributed by atoms with van der Waals surface area (Å²) in [6.45, 7) is 4.37. The fourth-order valence-electron chi connectivity index (χ4n) is 1.84. The zero-order chi connectivity index (χ0) is 12.5. The van der Waals surface area contributed by atoms with E-state index in [1.54, 1.807) is 0 Å². The van der Waals surface area contributed by atoms with Gasteiger partial charge in [-0.1, -0.05) is 0 Å². The molecule has 1 aliphatic rings. The molecule has 0 aromatic carbocycles. The van der Waals surface area contributed by atoms with Crippen molar-refractivity contribution in [3.05, 3.63) is 0 Å². The maximum absolute atomic E-state index is 11.8. The first kappa shape index (κ1) is 14.4. The smallest absolute Gasteiger partial charge is 0.224 e. The van der Waals surface area contributed by atoms with Gasteiger partial charge in [0.25, 0.3) is 0 Å². The van der Waals surface area contributed by atoms with Crippen LogP contribution in [0.15, 0.2) is 0 Å². The molecule has 1 fully saturated rings. The molecule has 1 aliphatic heterocycles. The molecule has 0 unspecified atom stereocenters. The topological polar surface area (TPSA) is 73.2 Å². The van der Waals surface area contributed by atoms with Crippen molar-refractivity contribution in [1.29, 1.82) is 0 Å². The van der Waals surface area contributed by atoms with Crippen LogP contribution in [-0.2, 0) is 9.53 Å². The normalized spacial score (nSPS) is 17.1. The number of aliphatic hydroxyl groups is 2. The summed E-state index contributed by atoms with van der Waals surface area (Å²) in [5, 5.41) is 17.7. The van der Waals surface area contributed by atoms with Crippen molar-refractivity contribution in [3.8, 4) is 0 Å². The summed E-state index contributed by atoms with van der Waals surface area (Å²) in [4.78, 5) is 15.5. The van der Waals surface area contributed by atoms with E-state index in [1.807, 2.05) is 0 Å². The quantitative estimate of drug-likeness (QED) is 0.573. The van der Waals surface area contributed by atoms with Crippen molar-refractivity contribution < 1.29 is 19.7 Å². The van der Waals surface area contributed by atoms with Crippen LogP contribution in [0.4, 0.5) is 0 Å². The van der Waals surface area contributed by atoms with Crippen molar-refractivity contribution in [3.63, 3.8) is 0 Å². The Morgan fingerprint density at radius 2 is 1.76 bits per heavy atom. The number of nitrogens with zero attached hydrogens (tertiary/aromatic N) is 2. The third-order valence-electron chi connectivity index (χ3n) is 2.84. The molecule has 0 spiro atoms. The van der Waals surface area contributed by atoms with E-state index in [1.165, 1.54) is 4.90 Å². The van der Waals surface area contributed by atoms with E-state index >= 15 is 0 Å². The van der Waals surface area contributed by atoms with Gasteiger partial charge in [0.1, 0.15) is 0 Å². The Morgan fingerprint density at radius 1 is 1.18 bits per heavy atom. The summed E-state index contributed by atoms with van der Waals surface area (Å²) in [6.07, 6.45) is 0.431. The van der Waals surface area contributed by atoms with Crippen LogP contribution in [0.25, 0.3) is 0 Å². The number of amides is 1. The van der Waals surface area contributed by atoms with E-state index < -0.39 is 0 Å². The first-order chi connectivity index (χ1) is 8.27. The van der Waals surface area contributed by atoms with Gasteiger partial charge in [-0.3, -0.25) is 9.69 Å². The fourth-order valence-corrected chi connectivity index (χ4v) is 1.84. The van der Waals surface area contributed by atoms with E-state index in [0.29, 0.717) is 19.5 Å². The first-order valence-corrected chi connectivity index (χ1v) is 6.07. The number of carbonyl (C=O) groups excluding carboxylic acids is 1. The molecule has 0 aliphatic carbocycles. The Morgan fingerprint density at radius 3 is 2.29 bits per heavy atom. The highest BCUT2D eigenvalue weighted by atomic mass is 16.5. The predicted molar refractivity (Wildman–Crippen MR) is 62.6 cm³/mol. The van der Waals surface area contributed by atoms with Crippen LogP contribution in [0.5, 0.6) is 0 Å². The molecule has 0 bridgehead atoms. The molecule has 17 heavy (non-hydrogen) atoms. The highest BCUT2D eigenvalue weighted by molar-refractivity contribution is 5.76. The van der Waals surface area contributed by atoms with Gasteiger partial charge in [0, 0.05) is 39.1 Å². The number of aliphatic hydroxyl groups excluding tert-OH is 2. The minimum absolute atomic E-state index is 0.0143. The molecule has 0 radical (unpaired) electrons. The number of morpholine rings is 1. The summed E-state index contributed by atoms with van der Waals surface area (Å²) in [6, 6.07) is 0. The number of carbonyl (C=O) groups is 1. The standard InChI is InChI=1S/C11H22N2O4/c14-7-3-13(4-8-15)11(16)1-2-12-5-9-17-10-6-12/h14-15H,1-10H2. The lowest BCUT2D eigenvalue weighted by molar-refractivity contribution is -0.132. The zero-order valence-corrected chi connectivity index (χ0v) is 10.2. The van der Waals surface area contributed by atoms with Gasteiger partial charge in [0.05, 0.1) is 26.4 Å². The minimum Gasteiger partial charge on any atom is -0.395 e. The monoisotopic (exact) mass is 246 g/mol. The van der Waals surface area contributed by atoms with Crippen molar-refractivity contribution >= 4 is 5.91 Å². The maximum Gasteiger partial charge on any atom is 0.224 e. The Labute approximate surface area is 102 Å². The molecule has 6 nitrogen and oxygen atoms in total. The second-order valence-electron chi connectivity index (χ2n) is 4.03. The zero-order valence-electron chi connectivity index (χ0n) is 10.2. The summed E-state index contributed by atoms with van der Waals surface area (Å²) in [7, 11) is 0. The van der Waals surface area contributed by atoms with Gasteiger partial charge in [-0.05, 0) is 0 Å². The molecule has 6 heteroatoms. The Kier molecular flexibility index (Phi) is 7.11. The van der Waals surface area contributed by atoms with E-state index in [-0.39, 0.29) is 19.1 Å². The lowest BCUT2D eigenvalue weighted by Gasteiger charge is -2.27. The SMILES string of the molecule is O=C(CCN1CCOCC1)N(CCO)CCO. The largest absolute Gasteiger partial charge is 0.395 e. The van der Waals surface area contributed by atoms with Gasteiger partial charge >= 0.3 is 0 Å². The van der Waals surface area contributed by atoms with Crippen LogP contribution in [0, 0.1) is 0 Å². The van der Waals surface area contributed by atoms with Crippen LogP contribution >= 0.6 is 0 Å². The van der Waals surface area contributed by atoms with Gasteiger partial charge in [-0.2, -0.15) is 0 Å². The summed E-state index contributed by atoms with van der Waals surface area (Å²) in [5.41, 5.74) is 0. The summed E-state index contributed by atoms with van der Waals surface area (Å²) in [5.74, 6) is -0.0143. The highest BCUT2D eigenvalue weighted by Crippen LogP contribution is 2.00. The van der Waals surface area contributed by atoms with Crippen molar-refractivity contribution in [1.82, 2.24) is 9.80 Å². The molecule has 1 rings (SSSR count). The summed E-state index contributed by atoms with van der Waals surface area (Å²) >= 11 is 0. The molecular weight excluding hydrogens is 224 g/mol. The average Bonchev–Trinajstić information content (AvgIpc) is 2.37. The average molecular weight is 246 g/mol. The summed E-state index contributed by atoms with van der Waals surface area (Å²) < 4.78 is 5.23. The molecule has 2 N–H and O–H groups in total. The highest BCUT2D eigenvalue weighted by Gasteiger charge is 2.15. The molecular formula is C11H22N2O4. The Bertz CT molecular complexity index is 214. The number of hydrogen-bond acceptors (Lipinski definition) is 5. The Hall–Kier alpha value is -0.690. The molecule has 1 amide bonds. The van der Waals surface area contributed by atoms with Crippen LogP contribution in [-0.4, -0.2) is 85.1 Å². The van der Waals surface area contributed by atoms with Gasteiger partial charge < -0.3 is 19.8 Å². The third-order valence-corrected chi connectivity index (χ3v) is 2.84. The Balaban J connectivity index is 2.25. The second kappa shape index (κ2) is 8.41.